The molecule has 0 aromatic heterocycles. The second kappa shape index (κ2) is 10.1. The van der Waals surface area contributed by atoms with Gasteiger partial charge >= 0.3 is 0 Å². The Hall–Kier alpha value is -2.66. The molecule has 1 heterocycles. The Labute approximate surface area is 196 Å². The fourth-order valence-corrected chi connectivity index (χ4v) is 5.57. The lowest BCUT2D eigenvalue weighted by molar-refractivity contribution is -0.118. The second-order valence-corrected chi connectivity index (χ2v) is 9.83. The Bertz CT molecular complexity index is 1000. The lowest BCUT2D eigenvalue weighted by atomic mass is 9.84. The fraction of sp³-hybridized carbons (Fsp3) is 0.464. The molecule has 5 rings (SSSR count). The minimum atomic E-state index is -0.160. The zero-order valence-corrected chi connectivity index (χ0v) is 19.3. The third-order valence-corrected chi connectivity index (χ3v) is 7.64. The van der Waals surface area contributed by atoms with E-state index in [1.807, 2.05) is 24.3 Å². The molecular weight excluding hydrogens is 413 g/mol. The minimum absolute atomic E-state index is 0.116. The van der Waals surface area contributed by atoms with Gasteiger partial charge in [-0.1, -0.05) is 30.3 Å². The first-order chi connectivity index (χ1) is 16.1. The molecule has 3 aliphatic rings. The summed E-state index contributed by atoms with van der Waals surface area (Å²) in [5, 5.41) is 3.30. The van der Waals surface area contributed by atoms with Crippen LogP contribution < -0.4 is 10.2 Å². The van der Waals surface area contributed by atoms with Crippen LogP contribution in [0.2, 0.25) is 0 Å². The van der Waals surface area contributed by atoms with Gasteiger partial charge in [0.2, 0.25) is 5.91 Å². The van der Waals surface area contributed by atoms with Crippen molar-refractivity contribution in [2.45, 2.75) is 44.6 Å². The third-order valence-electron chi connectivity index (χ3n) is 7.64. The number of amides is 1. The summed E-state index contributed by atoms with van der Waals surface area (Å²) < 4.78 is 13.5. The number of fused-ring (bicyclic) bond motifs is 1. The van der Waals surface area contributed by atoms with Crippen LogP contribution in [-0.4, -0.2) is 49.6 Å². The van der Waals surface area contributed by atoms with Crippen molar-refractivity contribution in [3.05, 3.63) is 71.0 Å². The highest BCUT2D eigenvalue weighted by Crippen LogP contribution is 2.29. The number of nitrogens with zero attached hydrogens (tertiary/aromatic N) is 2. The summed E-state index contributed by atoms with van der Waals surface area (Å²) in [6.07, 6.45) is 8.62. The van der Waals surface area contributed by atoms with Crippen LogP contribution in [0.15, 0.2) is 54.1 Å². The molecule has 1 N–H and O–H groups in total. The summed E-state index contributed by atoms with van der Waals surface area (Å²) in [6, 6.07) is 15.5. The third kappa shape index (κ3) is 5.47. The van der Waals surface area contributed by atoms with Crippen LogP contribution in [0.3, 0.4) is 0 Å². The molecule has 0 radical (unpaired) electrons. The number of hydrogen-bond acceptors (Lipinski definition) is 3. The molecular formula is C28H34FN3O. The van der Waals surface area contributed by atoms with Gasteiger partial charge in [-0.05, 0) is 80.0 Å². The van der Waals surface area contributed by atoms with E-state index < -0.39 is 0 Å². The standard InChI is InChI=1S/C28H34FN3O/c29-25-6-3-7-27(20-25)32-16-14-31(15-17-32)13-12-21-8-10-26(11-9-21)30-28(33)24-18-22-4-1-2-5-23(22)19-24/h1-7,18,20-21,26H,8-17,19H2,(H,30,33)/t21-,26-. The van der Waals surface area contributed by atoms with Crippen molar-refractivity contribution >= 4 is 17.7 Å². The normalized spacial score (nSPS) is 23.2. The number of nitrogens with one attached hydrogen (secondary N) is 1. The predicted octanol–water partition coefficient (Wildman–Crippen LogP) is 4.65. The molecule has 2 aromatic rings. The summed E-state index contributed by atoms with van der Waals surface area (Å²) in [5.74, 6) is 0.715. The van der Waals surface area contributed by atoms with Crippen LogP contribution >= 0.6 is 0 Å². The van der Waals surface area contributed by atoms with Gasteiger partial charge in [-0.15, -0.1) is 0 Å². The van der Waals surface area contributed by atoms with Crippen LogP contribution in [0.5, 0.6) is 0 Å². The molecule has 0 bridgehead atoms. The van der Waals surface area contributed by atoms with E-state index >= 15 is 0 Å². The number of piperazine rings is 1. The number of halogens is 1. The van der Waals surface area contributed by atoms with Gasteiger partial charge in [-0.3, -0.25) is 9.69 Å². The molecule has 1 saturated carbocycles. The average Bonchev–Trinajstić information content (AvgIpc) is 3.29. The molecule has 0 atom stereocenters. The number of hydrogen-bond donors (Lipinski definition) is 1. The average molecular weight is 448 g/mol. The van der Waals surface area contributed by atoms with E-state index in [1.165, 1.54) is 36.5 Å². The number of anilines is 1. The molecule has 33 heavy (non-hydrogen) atoms. The summed E-state index contributed by atoms with van der Waals surface area (Å²) in [7, 11) is 0. The minimum Gasteiger partial charge on any atom is -0.369 e. The van der Waals surface area contributed by atoms with Crippen LogP contribution in [0.25, 0.3) is 6.08 Å². The maximum absolute atomic E-state index is 13.5. The molecule has 1 saturated heterocycles. The van der Waals surface area contributed by atoms with Crippen LogP contribution in [0, 0.1) is 11.7 Å². The van der Waals surface area contributed by atoms with Gasteiger partial charge in [0.25, 0.3) is 0 Å². The zero-order chi connectivity index (χ0) is 22.6. The first-order valence-corrected chi connectivity index (χ1v) is 12.5. The molecule has 5 heteroatoms. The zero-order valence-electron chi connectivity index (χ0n) is 19.3. The van der Waals surface area contributed by atoms with E-state index in [0.717, 1.165) is 69.2 Å². The largest absolute Gasteiger partial charge is 0.369 e. The predicted molar refractivity (Wildman–Crippen MR) is 132 cm³/mol. The Morgan fingerprint density at radius 2 is 1.76 bits per heavy atom. The maximum Gasteiger partial charge on any atom is 0.247 e. The van der Waals surface area contributed by atoms with E-state index in [4.69, 9.17) is 0 Å². The Balaban J connectivity index is 1.00. The van der Waals surface area contributed by atoms with Crippen molar-refractivity contribution in [3.63, 3.8) is 0 Å². The van der Waals surface area contributed by atoms with E-state index in [0.29, 0.717) is 6.04 Å². The van der Waals surface area contributed by atoms with Crippen molar-refractivity contribution in [3.8, 4) is 0 Å². The highest BCUT2D eigenvalue weighted by Gasteiger charge is 2.26. The molecule has 0 spiro atoms. The summed E-state index contributed by atoms with van der Waals surface area (Å²) in [6.45, 7) is 5.15. The van der Waals surface area contributed by atoms with Crippen molar-refractivity contribution in [1.82, 2.24) is 10.2 Å². The van der Waals surface area contributed by atoms with Gasteiger partial charge in [0.15, 0.2) is 0 Å². The number of carbonyl (C=O) groups excluding carboxylic acids is 1. The molecule has 174 valence electrons. The first-order valence-electron chi connectivity index (χ1n) is 12.5. The van der Waals surface area contributed by atoms with Crippen molar-refractivity contribution in [2.24, 2.45) is 5.92 Å². The van der Waals surface area contributed by atoms with Gasteiger partial charge in [-0.25, -0.2) is 4.39 Å². The quantitative estimate of drug-likeness (QED) is 0.700. The SMILES string of the molecule is O=C(N[C@H]1CC[C@H](CCN2CCN(c3cccc(F)c3)CC2)CC1)C1=Cc2ccccc2C1. The maximum atomic E-state index is 13.5. The second-order valence-electron chi connectivity index (χ2n) is 9.83. The number of benzene rings is 2. The topological polar surface area (TPSA) is 35.6 Å². The van der Waals surface area contributed by atoms with E-state index in [-0.39, 0.29) is 11.7 Å². The first kappa shape index (κ1) is 22.1. The Kier molecular flexibility index (Phi) is 6.77. The Morgan fingerprint density at radius 3 is 2.52 bits per heavy atom. The summed E-state index contributed by atoms with van der Waals surface area (Å²) in [4.78, 5) is 17.6. The summed E-state index contributed by atoms with van der Waals surface area (Å²) in [5.41, 5.74) is 4.33. The summed E-state index contributed by atoms with van der Waals surface area (Å²) >= 11 is 0. The highest BCUT2D eigenvalue weighted by atomic mass is 19.1. The molecule has 1 amide bonds. The molecule has 0 unspecified atom stereocenters. The van der Waals surface area contributed by atoms with E-state index in [9.17, 15) is 9.18 Å². The molecule has 1 aliphatic heterocycles. The van der Waals surface area contributed by atoms with Crippen LogP contribution in [-0.2, 0) is 11.2 Å². The lowest BCUT2D eigenvalue weighted by Crippen LogP contribution is -2.47. The van der Waals surface area contributed by atoms with E-state index in [2.05, 4.69) is 27.2 Å². The molecule has 2 fully saturated rings. The Morgan fingerprint density at radius 1 is 0.970 bits per heavy atom. The molecule has 2 aliphatic carbocycles. The number of rotatable bonds is 6. The smallest absolute Gasteiger partial charge is 0.247 e. The van der Waals surface area contributed by atoms with E-state index in [1.54, 1.807) is 12.1 Å². The van der Waals surface area contributed by atoms with Crippen LogP contribution in [0.4, 0.5) is 10.1 Å². The van der Waals surface area contributed by atoms with Crippen molar-refractivity contribution in [2.75, 3.05) is 37.6 Å². The molecule has 4 nitrogen and oxygen atoms in total. The van der Waals surface area contributed by atoms with Crippen molar-refractivity contribution in [1.29, 1.82) is 0 Å². The van der Waals surface area contributed by atoms with Gasteiger partial charge in [-0.2, -0.15) is 0 Å². The van der Waals surface area contributed by atoms with Crippen LogP contribution in [0.1, 0.15) is 43.2 Å². The van der Waals surface area contributed by atoms with Gasteiger partial charge in [0.05, 0.1) is 0 Å². The monoisotopic (exact) mass is 447 g/mol. The highest BCUT2D eigenvalue weighted by molar-refractivity contribution is 6.00. The number of carbonyl (C=O) groups is 1. The van der Waals surface area contributed by atoms with Crippen molar-refractivity contribution < 1.29 is 9.18 Å². The van der Waals surface area contributed by atoms with Gasteiger partial charge in [0, 0.05) is 49.9 Å². The molecule has 2 aromatic carbocycles. The fourth-order valence-electron chi connectivity index (χ4n) is 5.57. The lowest BCUT2D eigenvalue weighted by Gasteiger charge is -2.37. The van der Waals surface area contributed by atoms with Gasteiger partial charge < -0.3 is 10.2 Å². The van der Waals surface area contributed by atoms with Gasteiger partial charge in [0.1, 0.15) is 5.82 Å².